The maximum Gasteiger partial charge on any atom is 0.573 e. The molecule has 0 spiro atoms. The topological polar surface area (TPSA) is 35.2 Å². The molecule has 0 aliphatic rings. The lowest BCUT2D eigenvalue weighted by Gasteiger charge is -2.13. The molecule has 0 radical (unpaired) electrons. The number of ether oxygens (including phenoxy) is 1. The first-order valence-corrected chi connectivity index (χ1v) is 4.89. The minimum Gasteiger partial charge on any atom is -0.406 e. The summed E-state index contributed by atoms with van der Waals surface area (Å²) in [5.41, 5.74) is 6.15. The molecule has 2 nitrogen and oxygen atoms in total. The Kier molecular flexibility index (Phi) is 3.62. The van der Waals surface area contributed by atoms with E-state index in [0.717, 1.165) is 0 Å². The Hall–Kier alpha value is -0.750. The van der Waals surface area contributed by atoms with Crippen LogP contribution in [0.4, 0.5) is 13.2 Å². The molecule has 2 N–H and O–H groups in total. The van der Waals surface area contributed by atoms with Gasteiger partial charge in [0.25, 0.3) is 0 Å². The van der Waals surface area contributed by atoms with Gasteiger partial charge in [0, 0.05) is 10.5 Å². The molecule has 0 aromatic heterocycles. The van der Waals surface area contributed by atoms with E-state index in [0.29, 0.717) is 10.0 Å². The Balaban J connectivity index is 2.98. The highest BCUT2D eigenvalue weighted by molar-refractivity contribution is 9.10. The van der Waals surface area contributed by atoms with Crippen LogP contribution in [-0.2, 0) is 0 Å². The molecule has 6 heteroatoms. The van der Waals surface area contributed by atoms with Crippen LogP contribution in [0.3, 0.4) is 0 Å². The summed E-state index contributed by atoms with van der Waals surface area (Å²) >= 11 is 3.19. The molecular formula is C9H9BrF3NO. The van der Waals surface area contributed by atoms with Crippen LogP contribution in [0.2, 0.25) is 0 Å². The lowest BCUT2D eigenvalue weighted by Crippen LogP contribution is -2.17. The van der Waals surface area contributed by atoms with E-state index in [1.54, 1.807) is 6.92 Å². The first-order valence-electron chi connectivity index (χ1n) is 4.10. The number of halogens is 4. The van der Waals surface area contributed by atoms with Gasteiger partial charge in [-0.2, -0.15) is 0 Å². The van der Waals surface area contributed by atoms with Crippen LogP contribution < -0.4 is 10.5 Å². The van der Waals surface area contributed by atoms with Crippen molar-refractivity contribution in [2.45, 2.75) is 19.3 Å². The van der Waals surface area contributed by atoms with E-state index in [2.05, 4.69) is 20.7 Å². The molecule has 15 heavy (non-hydrogen) atoms. The van der Waals surface area contributed by atoms with Gasteiger partial charge < -0.3 is 10.5 Å². The van der Waals surface area contributed by atoms with Gasteiger partial charge in [0.1, 0.15) is 5.75 Å². The first kappa shape index (κ1) is 12.3. The zero-order valence-corrected chi connectivity index (χ0v) is 9.39. The predicted octanol–water partition coefficient (Wildman–Crippen LogP) is 3.37. The number of rotatable bonds is 2. The van der Waals surface area contributed by atoms with Crippen molar-refractivity contribution in [2.24, 2.45) is 5.73 Å². The summed E-state index contributed by atoms with van der Waals surface area (Å²) in [6.45, 7) is 1.68. The zero-order chi connectivity index (χ0) is 11.6. The standard InChI is InChI=1S/C9H9BrF3NO/c1-5(14)7-4-6(2-3-8(7)10)15-9(11,12)13/h2-5H,14H2,1H3. The SMILES string of the molecule is CC(N)c1cc(OC(F)(F)F)ccc1Br. The van der Waals surface area contributed by atoms with Crippen LogP contribution in [0.15, 0.2) is 22.7 Å². The van der Waals surface area contributed by atoms with Gasteiger partial charge in [-0.1, -0.05) is 15.9 Å². The Bertz CT molecular complexity index is 352. The molecule has 1 aromatic rings. The molecule has 84 valence electrons. The minimum absolute atomic E-state index is 0.266. The van der Waals surface area contributed by atoms with E-state index in [-0.39, 0.29) is 11.8 Å². The van der Waals surface area contributed by atoms with Crippen LogP contribution in [0.25, 0.3) is 0 Å². The molecule has 1 unspecified atom stereocenters. The Labute approximate surface area is 93.3 Å². The lowest BCUT2D eigenvalue weighted by atomic mass is 10.1. The third-order valence-corrected chi connectivity index (χ3v) is 2.41. The number of hydrogen-bond acceptors (Lipinski definition) is 2. The molecule has 0 bridgehead atoms. The maximum atomic E-state index is 11.9. The average Bonchev–Trinajstić information content (AvgIpc) is 2.05. The minimum atomic E-state index is -4.68. The molecule has 0 aliphatic carbocycles. The van der Waals surface area contributed by atoms with Crippen molar-refractivity contribution in [3.63, 3.8) is 0 Å². The van der Waals surface area contributed by atoms with E-state index >= 15 is 0 Å². The summed E-state index contributed by atoms with van der Waals surface area (Å²) in [5.74, 6) is -0.266. The molecule has 0 aliphatic heterocycles. The van der Waals surface area contributed by atoms with Crippen LogP contribution in [0.1, 0.15) is 18.5 Å². The Morgan fingerprint density at radius 2 is 2.00 bits per heavy atom. The van der Waals surface area contributed by atoms with Crippen molar-refractivity contribution in [3.05, 3.63) is 28.2 Å². The molecule has 1 rings (SSSR count). The van der Waals surface area contributed by atoms with Gasteiger partial charge in [-0.25, -0.2) is 0 Å². The van der Waals surface area contributed by atoms with E-state index in [1.807, 2.05) is 0 Å². The van der Waals surface area contributed by atoms with Crippen molar-refractivity contribution in [3.8, 4) is 5.75 Å². The first-order chi connectivity index (χ1) is 6.79. The molecule has 1 atom stereocenters. The molecular weight excluding hydrogens is 275 g/mol. The van der Waals surface area contributed by atoms with E-state index < -0.39 is 6.36 Å². The van der Waals surface area contributed by atoms with Crippen molar-refractivity contribution in [1.82, 2.24) is 0 Å². The number of benzene rings is 1. The normalized spacial score (nSPS) is 13.7. The summed E-state index contributed by atoms with van der Waals surface area (Å²) in [6.07, 6.45) is -4.68. The van der Waals surface area contributed by atoms with Crippen molar-refractivity contribution < 1.29 is 17.9 Å². The Morgan fingerprint density at radius 1 is 1.40 bits per heavy atom. The Morgan fingerprint density at radius 3 is 2.47 bits per heavy atom. The second kappa shape index (κ2) is 4.40. The molecule has 0 fully saturated rings. The van der Waals surface area contributed by atoms with Crippen molar-refractivity contribution >= 4 is 15.9 Å². The third kappa shape index (κ3) is 3.71. The van der Waals surface area contributed by atoms with Crippen LogP contribution in [-0.4, -0.2) is 6.36 Å². The number of hydrogen-bond donors (Lipinski definition) is 1. The van der Waals surface area contributed by atoms with Crippen molar-refractivity contribution in [1.29, 1.82) is 0 Å². The van der Waals surface area contributed by atoms with Gasteiger partial charge in [0.05, 0.1) is 0 Å². The second-order valence-corrected chi connectivity index (χ2v) is 3.87. The quantitative estimate of drug-likeness (QED) is 0.903. The third-order valence-electron chi connectivity index (χ3n) is 1.69. The van der Waals surface area contributed by atoms with Crippen molar-refractivity contribution in [2.75, 3.05) is 0 Å². The second-order valence-electron chi connectivity index (χ2n) is 3.02. The van der Waals surface area contributed by atoms with Gasteiger partial charge in [0.2, 0.25) is 0 Å². The monoisotopic (exact) mass is 283 g/mol. The summed E-state index contributed by atoms with van der Waals surface area (Å²) in [6, 6.07) is 3.60. The summed E-state index contributed by atoms with van der Waals surface area (Å²) in [7, 11) is 0. The highest BCUT2D eigenvalue weighted by Crippen LogP contribution is 2.29. The predicted molar refractivity (Wildman–Crippen MR) is 53.4 cm³/mol. The smallest absolute Gasteiger partial charge is 0.406 e. The van der Waals surface area contributed by atoms with Crippen LogP contribution >= 0.6 is 15.9 Å². The highest BCUT2D eigenvalue weighted by Gasteiger charge is 2.31. The van der Waals surface area contributed by atoms with Crippen LogP contribution in [0, 0.1) is 0 Å². The van der Waals surface area contributed by atoms with E-state index in [9.17, 15) is 13.2 Å². The highest BCUT2D eigenvalue weighted by atomic mass is 79.9. The molecule has 0 heterocycles. The van der Waals surface area contributed by atoms with Gasteiger partial charge in [-0.15, -0.1) is 13.2 Å². The molecule has 0 saturated carbocycles. The average molecular weight is 284 g/mol. The fraction of sp³-hybridized carbons (Fsp3) is 0.333. The summed E-state index contributed by atoms with van der Waals surface area (Å²) in [5, 5.41) is 0. The van der Waals surface area contributed by atoms with Crippen LogP contribution in [0.5, 0.6) is 5.75 Å². The summed E-state index contributed by atoms with van der Waals surface area (Å²) in [4.78, 5) is 0. The zero-order valence-electron chi connectivity index (χ0n) is 7.81. The van der Waals surface area contributed by atoms with Gasteiger partial charge in [-0.05, 0) is 30.7 Å². The van der Waals surface area contributed by atoms with Gasteiger partial charge >= 0.3 is 6.36 Å². The molecule has 0 amide bonds. The maximum absolute atomic E-state index is 11.9. The van der Waals surface area contributed by atoms with Gasteiger partial charge in [0.15, 0.2) is 0 Å². The fourth-order valence-electron chi connectivity index (χ4n) is 1.07. The van der Waals surface area contributed by atoms with E-state index in [4.69, 9.17) is 5.73 Å². The lowest BCUT2D eigenvalue weighted by molar-refractivity contribution is -0.274. The van der Waals surface area contributed by atoms with E-state index in [1.165, 1.54) is 18.2 Å². The largest absolute Gasteiger partial charge is 0.573 e. The number of nitrogens with two attached hydrogens (primary N) is 1. The molecule has 0 saturated heterocycles. The van der Waals surface area contributed by atoms with Gasteiger partial charge in [-0.3, -0.25) is 0 Å². The molecule has 1 aromatic carbocycles. The number of alkyl halides is 3. The fourth-order valence-corrected chi connectivity index (χ4v) is 1.68. The summed E-state index contributed by atoms with van der Waals surface area (Å²) < 4.78 is 40.2.